The number of nitrogens with one attached hydrogen (secondary N) is 4. The summed E-state index contributed by atoms with van der Waals surface area (Å²) in [5, 5.41) is 23.5. The number of anilines is 1. The van der Waals surface area contributed by atoms with Crippen LogP contribution in [0.15, 0.2) is 52.4 Å². The molecule has 25 heavy (non-hydrogen) atoms. The minimum Gasteiger partial charge on any atom is -0.339 e. The van der Waals surface area contributed by atoms with E-state index in [1.54, 1.807) is 0 Å². The van der Waals surface area contributed by atoms with Crippen LogP contribution in [0.5, 0.6) is 0 Å². The van der Waals surface area contributed by atoms with E-state index in [0.717, 1.165) is 33.0 Å². The van der Waals surface area contributed by atoms with Gasteiger partial charge in [0.1, 0.15) is 5.84 Å². The third kappa shape index (κ3) is 2.64. The van der Waals surface area contributed by atoms with Gasteiger partial charge in [-0.2, -0.15) is 0 Å². The molecule has 0 saturated carbocycles. The highest BCUT2D eigenvalue weighted by Crippen LogP contribution is 2.38. The molecule has 0 unspecified atom stereocenters. The molecule has 4 N–H and O–H groups in total. The topological polar surface area (TPSA) is 84.1 Å². The van der Waals surface area contributed by atoms with Crippen molar-refractivity contribution in [3.05, 3.63) is 69.6 Å². The lowest BCUT2D eigenvalue weighted by Gasteiger charge is -2.10. The average molecular weight is 347 g/mol. The van der Waals surface area contributed by atoms with Crippen molar-refractivity contribution < 1.29 is 0 Å². The second-order valence-electron chi connectivity index (χ2n) is 5.99. The Balaban J connectivity index is 1.72. The molecule has 124 valence electrons. The standard InChI is InChI=1S/C19H17N5S/c1-10-8-9-13-14(11(10)2)15(23-17(13)20)16-18(21)24-19(25-16)22-12-6-4-3-5-7-12/h3-9H,1-2H3,(H2,20,23)(H2,21,22,24)/b16-15+. The van der Waals surface area contributed by atoms with Crippen molar-refractivity contribution >= 4 is 40.0 Å². The molecule has 0 amide bonds. The van der Waals surface area contributed by atoms with Crippen molar-refractivity contribution in [2.75, 3.05) is 5.32 Å². The van der Waals surface area contributed by atoms with Crippen LogP contribution in [0.1, 0.15) is 22.3 Å². The number of aliphatic imine (C=N–C) groups is 1. The number of para-hydroxylation sites is 1. The number of amidine groups is 3. The van der Waals surface area contributed by atoms with Crippen LogP contribution in [0.3, 0.4) is 0 Å². The maximum Gasteiger partial charge on any atom is 0.173 e. The minimum atomic E-state index is 0.215. The van der Waals surface area contributed by atoms with Gasteiger partial charge in [0.15, 0.2) is 11.0 Å². The summed E-state index contributed by atoms with van der Waals surface area (Å²) < 4.78 is 0. The summed E-state index contributed by atoms with van der Waals surface area (Å²) in [7, 11) is 0. The number of fused-ring (bicyclic) bond motifs is 1. The molecule has 0 bridgehead atoms. The van der Waals surface area contributed by atoms with E-state index < -0.39 is 0 Å². The molecule has 0 atom stereocenters. The molecule has 0 fully saturated rings. The first-order valence-corrected chi connectivity index (χ1v) is 8.74. The average Bonchev–Trinajstić information content (AvgIpc) is 3.12. The van der Waals surface area contributed by atoms with Crippen LogP contribution in [0.25, 0.3) is 5.70 Å². The normalized spacial score (nSPS) is 18.9. The van der Waals surface area contributed by atoms with Crippen LogP contribution in [-0.2, 0) is 0 Å². The summed E-state index contributed by atoms with van der Waals surface area (Å²) in [6.45, 7) is 4.12. The highest BCUT2D eigenvalue weighted by atomic mass is 32.2. The first kappa shape index (κ1) is 15.7. The summed E-state index contributed by atoms with van der Waals surface area (Å²) in [6, 6.07) is 13.8. The van der Waals surface area contributed by atoms with Crippen LogP contribution in [0.4, 0.5) is 5.69 Å². The first-order valence-electron chi connectivity index (χ1n) is 7.93. The lowest BCUT2D eigenvalue weighted by molar-refractivity contribution is 1.28. The fourth-order valence-electron chi connectivity index (χ4n) is 2.96. The van der Waals surface area contributed by atoms with E-state index in [9.17, 15) is 0 Å². The predicted octanol–water partition coefficient (Wildman–Crippen LogP) is 4.09. The molecule has 0 radical (unpaired) electrons. The smallest absolute Gasteiger partial charge is 0.173 e. The molecular formula is C19H17N5S. The number of nitrogens with zero attached hydrogens (tertiary/aromatic N) is 1. The number of thioether (sulfide) groups is 1. The first-order chi connectivity index (χ1) is 12.0. The van der Waals surface area contributed by atoms with Gasteiger partial charge in [-0.15, -0.1) is 0 Å². The van der Waals surface area contributed by atoms with Gasteiger partial charge in [0.25, 0.3) is 0 Å². The molecule has 6 heteroatoms. The fourth-order valence-corrected chi connectivity index (χ4v) is 3.86. The Kier molecular flexibility index (Phi) is 3.69. The Morgan fingerprint density at radius 3 is 2.56 bits per heavy atom. The molecule has 2 heterocycles. The van der Waals surface area contributed by atoms with Gasteiger partial charge in [0.2, 0.25) is 0 Å². The zero-order valence-electron chi connectivity index (χ0n) is 13.9. The van der Waals surface area contributed by atoms with Crippen molar-refractivity contribution in [1.82, 2.24) is 5.32 Å². The van der Waals surface area contributed by atoms with E-state index in [4.69, 9.17) is 10.8 Å². The van der Waals surface area contributed by atoms with Gasteiger partial charge in [-0.25, -0.2) is 4.99 Å². The second kappa shape index (κ2) is 5.89. The van der Waals surface area contributed by atoms with E-state index in [0.29, 0.717) is 11.0 Å². The van der Waals surface area contributed by atoms with Crippen LogP contribution in [0.2, 0.25) is 0 Å². The van der Waals surface area contributed by atoms with Gasteiger partial charge >= 0.3 is 0 Å². The number of hydrogen-bond donors (Lipinski definition) is 4. The van der Waals surface area contributed by atoms with Crippen molar-refractivity contribution in [1.29, 1.82) is 10.8 Å². The fraction of sp³-hybridized carbons (Fsp3) is 0.105. The quantitative estimate of drug-likeness (QED) is 0.627. The van der Waals surface area contributed by atoms with Gasteiger partial charge in [0, 0.05) is 16.8 Å². The van der Waals surface area contributed by atoms with Gasteiger partial charge in [0.05, 0.1) is 10.6 Å². The summed E-state index contributed by atoms with van der Waals surface area (Å²) in [5.41, 5.74) is 5.94. The molecule has 4 rings (SSSR count). The van der Waals surface area contributed by atoms with Crippen molar-refractivity contribution in [3.63, 3.8) is 0 Å². The van der Waals surface area contributed by atoms with Crippen LogP contribution < -0.4 is 10.6 Å². The Morgan fingerprint density at radius 2 is 1.80 bits per heavy atom. The highest BCUT2D eigenvalue weighted by Gasteiger charge is 2.31. The molecule has 2 aliphatic rings. The molecule has 0 aromatic heterocycles. The number of hydrogen-bond acceptors (Lipinski definition) is 4. The highest BCUT2D eigenvalue weighted by molar-refractivity contribution is 8.19. The zero-order chi connectivity index (χ0) is 17.6. The summed E-state index contributed by atoms with van der Waals surface area (Å²) in [4.78, 5) is 5.09. The molecular weight excluding hydrogens is 330 g/mol. The van der Waals surface area contributed by atoms with Crippen LogP contribution in [0, 0.1) is 24.7 Å². The number of rotatable bonds is 1. The molecule has 2 aromatic carbocycles. The number of aryl methyl sites for hydroxylation is 1. The third-order valence-corrected chi connectivity index (χ3v) is 5.37. The van der Waals surface area contributed by atoms with E-state index in [1.165, 1.54) is 17.3 Å². The Labute approximate surface area is 150 Å². The van der Waals surface area contributed by atoms with Gasteiger partial charge < -0.3 is 10.6 Å². The molecule has 2 aromatic rings. The summed E-state index contributed by atoms with van der Waals surface area (Å²) in [5.74, 6) is 0.589. The van der Waals surface area contributed by atoms with Crippen LogP contribution >= 0.6 is 11.8 Å². The summed E-state index contributed by atoms with van der Waals surface area (Å²) >= 11 is 1.43. The molecule has 0 aliphatic carbocycles. The predicted molar refractivity (Wildman–Crippen MR) is 106 cm³/mol. The van der Waals surface area contributed by atoms with E-state index in [-0.39, 0.29) is 5.84 Å². The van der Waals surface area contributed by atoms with Gasteiger partial charge in [-0.1, -0.05) is 30.3 Å². The lowest BCUT2D eigenvalue weighted by Crippen LogP contribution is -2.14. The third-order valence-electron chi connectivity index (χ3n) is 4.38. The summed E-state index contributed by atoms with van der Waals surface area (Å²) in [6.07, 6.45) is 0. The van der Waals surface area contributed by atoms with Crippen molar-refractivity contribution in [2.24, 2.45) is 4.99 Å². The molecule has 0 spiro atoms. The van der Waals surface area contributed by atoms with Gasteiger partial charge in [-0.3, -0.25) is 10.8 Å². The van der Waals surface area contributed by atoms with E-state index >= 15 is 0 Å². The Bertz CT molecular complexity index is 973. The largest absolute Gasteiger partial charge is 0.339 e. The number of benzene rings is 2. The lowest BCUT2D eigenvalue weighted by atomic mass is 9.97. The maximum absolute atomic E-state index is 8.28. The second-order valence-corrected chi connectivity index (χ2v) is 6.99. The maximum atomic E-state index is 8.28. The van der Waals surface area contributed by atoms with Crippen molar-refractivity contribution in [3.8, 4) is 0 Å². The Morgan fingerprint density at radius 1 is 1.04 bits per heavy atom. The molecule has 0 saturated heterocycles. The molecule has 5 nitrogen and oxygen atoms in total. The van der Waals surface area contributed by atoms with Gasteiger partial charge in [-0.05, 0) is 48.9 Å². The molecule has 2 aliphatic heterocycles. The van der Waals surface area contributed by atoms with Crippen molar-refractivity contribution in [2.45, 2.75) is 13.8 Å². The van der Waals surface area contributed by atoms with Crippen LogP contribution in [-0.4, -0.2) is 16.8 Å². The van der Waals surface area contributed by atoms with E-state index in [2.05, 4.69) is 29.5 Å². The van der Waals surface area contributed by atoms with E-state index in [1.807, 2.05) is 42.5 Å². The minimum absolute atomic E-state index is 0.215. The SMILES string of the molecule is Cc1ccc2c(c1C)/C(=C1\SC(Nc3ccccc3)=NC1=N)NC2=N. The zero-order valence-corrected chi connectivity index (χ0v) is 14.7. The monoisotopic (exact) mass is 347 g/mol. The Hall–Kier alpha value is -2.86.